The zero-order chi connectivity index (χ0) is 17.3. The molecule has 2 unspecified atom stereocenters. The second-order valence-electron chi connectivity index (χ2n) is 5.15. The molecule has 2 rings (SSSR count). The third-order valence-corrected chi connectivity index (χ3v) is 3.54. The molecule has 0 bridgehead atoms. The van der Waals surface area contributed by atoms with E-state index < -0.39 is 36.3 Å². The molecule has 1 aliphatic heterocycles. The average Bonchev–Trinajstić information content (AvgIpc) is 2.76. The molecular weight excluding hydrogens is 304 g/mol. The number of aldehydes is 1. The SMILES string of the molecule is CN(N)C(=O)C(CC(O)C=O)N1C(=O)c2cccc(N)c2C1=O. The molecule has 2 atom stereocenters. The monoisotopic (exact) mass is 320 g/mol. The molecule has 3 amide bonds. The van der Waals surface area contributed by atoms with E-state index in [1.807, 2.05) is 0 Å². The summed E-state index contributed by atoms with van der Waals surface area (Å²) in [7, 11) is 1.23. The van der Waals surface area contributed by atoms with Crippen molar-refractivity contribution in [1.29, 1.82) is 0 Å². The van der Waals surface area contributed by atoms with Gasteiger partial charge in [0, 0.05) is 19.2 Å². The highest BCUT2D eigenvalue weighted by molar-refractivity contribution is 6.24. The Bertz CT molecular complexity index is 688. The van der Waals surface area contributed by atoms with Crippen LogP contribution < -0.4 is 11.6 Å². The van der Waals surface area contributed by atoms with Crippen LogP contribution in [0.3, 0.4) is 0 Å². The van der Waals surface area contributed by atoms with E-state index in [0.29, 0.717) is 9.91 Å². The Hall–Kier alpha value is -2.78. The Morgan fingerprint density at radius 3 is 2.57 bits per heavy atom. The van der Waals surface area contributed by atoms with Crippen LogP contribution in [0.15, 0.2) is 18.2 Å². The molecule has 0 saturated heterocycles. The summed E-state index contributed by atoms with van der Waals surface area (Å²) in [6, 6.07) is 2.97. The van der Waals surface area contributed by atoms with E-state index in [2.05, 4.69) is 0 Å². The van der Waals surface area contributed by atoms with Gasteiger partial charge in [0.1, 0.15) is 18.4 Å². The summed E-state index contributed by atoms with van der Waals surface area (Å²) < 4.78 is 0. The number of hydrogen-bond acceptors (Lipinski definition) is 7. The van der Waals surface area contributed by atoms with Crippen molar-refractivity contribution in [3.8, 4) is 0 Å². The fourth-order valence-corrected chi connectivity index (χ4v) is 2.45. The number of nitrogen functional groups attached to an aromatic ring is 1. The number of anilines is 1. The van der Waals surface area contributed by atoms with Gasteiger partial charge in [-0.3, -0.25) is 24.3 Å². The minimum Gasteiger partial charge on any atom is -0.398 e. The van der Waals surface area contributed by atoms with Crippen LogP contribution >= 0.6 is 0 Å². The van der Waals surface area contributed by atoms with Gasteiger partial charge in [-0.05, 0) is 12.1 Å². The number of hydrazine groups is 1. The first-order chi connectivity index (χ1) is 10.8. The number of nitrogens with two attached hydrogens (primary N) is 2. The predicted octanol–water partition coefficient (Wildman–Crippen LogP) is -1.48. The quantitative estimate of drug-likeness (QED) is 0.150. The van der Waals surface area contributed by atoms with Gasteiger partial charge in [-0.25, -0.2) is 5.84 Å². The second kappa shape index (κ2) is 6.15. The van der Waals surface area contributed by atoms with Gasteiger partial charge in [-0.2, -0.15) is 0 Å². The molecule has 5 N–H and O–H groups in total. The molecule has 1 aromatic carbocycles. The number of hydrogen-bond donors (Lipinski definition) is 3. The van der Waals surface area contributed by atoms with Crippen molar-refractivity contribution in [2.45, 2.75) is 18.6 Å². The van der Waals surface area contributed by atoms with E-state index in [4.69, 9.17) is 11.6 Å². The van der Waals surface area contributed by atoms with E-state index in [0.717, 1.165) is 0 Å². The molecule has 122 valence electrons. The molecule has 1 aliphatic rings. The lowest BCUT2D eigenvalue weighted by atomic mass is 10.1. The van der Waals surface area contributed by atoms with Crippen LogP contribution in [0.4, 0.5) is 5.69 Å². The van der Waals surface area contributed by atoms with Gasteiger partial charge in [-0.15, -0.1) is 0 Å². The summed E-state index contributed by atoms with van der Waals surface area (Å²) in [6.07, 6.45) is -1.76. The predicted molar refractivity (Wildman–Crippen MR) is 78.8 cm³/mol. The summed E-state index contributed by atoms with van der Waals surface area (Å²) in [5.41, 5.74) is 5.89. The number of aliphatic hydroxyl groups is 1. The smallest absolute Gasteiger partial charge is 0.264 e. The summed E-state index contributed by atoms with van der Waals surface area (Å²) in [5.74, 6) is 3.11. The number of imide groups is 1. The van der Waals surface area contributed by atoms with Crippen molar-refractivity contribution in [1.82, 2.24) is 9.91 Å². The fourth-order valence-electron chi connectivity index (χ4n) is 2.45. The highest BCUT2D eigenvalue weighted by Crippen LogP contribution is 2.30. The third-order valence-electron chi connectivity index (χ3n) is 3.54. The van der Waals surface area contributed by atoms with Gasteiger partial charge in [0.05, 0.1) is 11.1 Å². The first-order valence-corrected chi connectivity index (χ1v) is 6.71. The Labute approximate surface area is 131 Å². The number of fused-ring (bicyclic) bond motifs is 1. The van der Waals surface area contributed by atoms with Crippen LogP contribution in [-0.4, -0.2) is 58.2 Å². The molecule has 9 nitrogen and oxygen atoms in total. The van der Waals surface area contributed by atoms with Gasteiger partial charge in [0.2, 0.25) is 0 Å². The molecule has 0 aliphatic carbocycles. The number of nitrogens with zero attached hydrogens (tertiary/aromatic N) is 2. The lowest BCUT2D eigenvalue weighted by Crippen LogP contribution is -2.53. The number of rotatable bonds is 5. The second-order valence-corrected chi connectivity index (χ2v) is 5.15. The van der Waals surface area contributed by atoms with Crippen molar-refractivity contribution in [3.05, 3.63) is 29.3 Å². The minimum absolute atomic E-state index is 0.00410. The molecule has 0 aromatic heterocycles. The minimum atomic E-state index is -1.52. The summed E-state index contributed by atoms with van der Waals surface area (Å²) >= 11 is 0. The summed E-state index contributed by atoms with van der Waals surface area (Å²) in [6.45, 7) is 0. The number of aliphatic hydroxyl groups excluding tert-OH is 1. The van der Waals surface area contributed by atoms with Crippen molar-refractivity contribution < 1.29 is 24.3 Å². The maximum absolute atomic E-state index is 12.5. The Kier molecular flexibility index (Phi) is 4.43. The van der Waals surface area contributed by atoms with E-state index in [-0.39, 0.29) is 23.1 Å². The Morgan fingerprint density at radius 2 is 2.04 bits per heavy atom. The Balaban J connectivity index is 2.46. The van der Waals surface area contributed by atoms with Crippen LogP contribution in [0.1, 0.15) is 27.1 Å². The lowest BCUT2D eigenvalue weighted by Gasteiger charge is -2.27. The summed E-state index contributed by atoms with van der Waals surface area (Å²) in [4.78, 5) is 48.5. The van der Waals surface area contributed by atoms with Gasteiger partial charge in [0.25, 0.3) is 17.7 Å². The molecule has 0 saturated carbocycles. The van der Waals surface area contributed by atoms with Crippen LogP contribution in [-0.2, 0) is 9.59 Å². The number of carbonyl (C=O) groups is 4. The molecule has 9 heteroatoms. The molecule has 0 radical (unpaired) electrons. The molecule has 0 spiro atoms. The lowest BCUT2D eigenvalue weighted by molar-refractivity contribution is -0.135. The number of benzene rings is 1. The molecular formula is C14H16N4O5. The van der Waals surface area contributed by atoms with Gasteiger partial charge in [-0.1, -0.05) is 6.07 Å². The van der Waals surface area contributed by atoms with Crippen LogP contribution in [0.25, 0.3) is 0 Å². The van der Waals surface area contributed by atoms with Crippen molar-refractivity contribution in [2.24, 2.45) is 5.84 Å². The van der Waals surface area contributed by atoms with Crippen LogP contribution in [0.2, 0.25) is 0 Å². The molecule has 1 heterocycles. The van der Waals surface area contributed by atoms with E-state index in [1.165, 1.54) is 25.2 Å². The van der Waals surface area contributed by atoms with Gasteiger partial charge >= 0.3 is 0 Å². The van der Waals surface area contributed by atoms with E-state index in [9.17, 15) is 24.3 Å². The molecule has 1 aromatic rings. The fraction of sp³-hybridized carbons (Fsp3) is 0.286. The summed E-state index contributed by atoms with van der Waals surface area (Å²) in [5, 5.41) is 10.2. The topological polar surface area (TPSA) is 147 Å². The number of carbonyl (C=O) groups excluding carboxylic acids is 4. The van der Waals surface area contributed by atoms with Crippen LogP contribution in [0.5, 0.6) is 0 Å². The first kappa shape index (κ1) is 16.6. The first-order valence-electron chi connectivity index (χ1n) is 6.71. The third kappa shape index (κ3) is 2.79. The zero-order valence-electron chi connectivity index (χ0n) is 12.3. The van der Waals surface area contributed by atoms with Gasteiger partial charge < -0.3 is 15.6 Å². The van der Waals surface area contributed by atoms with Crippen molar-refractivity contribution >= 4 is 29.7 Å². The molecule has 23 heavy (non-hydrogen) atoms. The number of likely N-dealkylation sites (N-methyl/N-ethyl adjacent to an activating group) is 1. The maximum Gasteiger partial charge on any atom is 0.264 e. The van der Waals surface area contributed by atoms with E-state index >= 15 is 0 Å². The van der Waals surface area contributed by atoms with E-state index in [1.54, 1.807) is 0 Å². The standard InChI is InChI=1S/C14H16N4O5/c1-17(16)13(22)10(5-7(20)6-19)18-12(21)8-3-2-4-9(15)11(8)14(18)23/h2-4,6-7,10,20H,5,15-16H2,1H3. The van der Waals surface area contributed by atoms with Crippen molar-refractivity contribution in [3.63, 3.8) is 0 Å². The van der Waals surface area contributed by atoms with Gasteiger partial charge in [0.15, 0.2) is 0 Å². The maximum atomic E-state index is 12.5. The van der Waals surface area contributed by atoms with Crippen LogP contribution in [0, 0.1) is 0 Å². The normalized spacial score (nSPS) is 16.0. The average molecular weight is 320 g/mol. The molecule has 0 fully saturated rings. The zero-order valence-corrected chi connectivity index (χ0v) is 12.3. The highest BCUT2D eigenvalue weighted by atomic mass is 16.3. The highest BCUT2D eigenvalue weighted by Gasteiger charge is 2.44. The Morgan fingerprint density at radius 1 is 1.39 bits per heavy atom. The number of amides is 3. The largest absolute Gasteiger partial charge is 0.398 e. The van der Waals surface area contributed by atoms with Crippen molar-refractivity contribution in [2.75, 3.05) is 12.8 Å².